The number of fused-ring (bicyclic) bond motifs is 1. The van der Waals surface area contributed by atoms with Gasteiger partial charge in [0.1, 0.15) is 12.2 Å². The van der Waals surface area contributed by atoms with E-state index in [0.29, 0.717) is 21.5 Å². The Balaban J connectivity index is 2.35. The van der Waals surface area contributed by atoms with E-state index in [1.54, 1.807) is 24.3 Å². The highest BCUT2D eigenvalue weighted by Gasteiger charge is 2.32. The minimum absolute atomic E-state index is 0.104. The van der Waals surface area contributed by atoms with Gasteiger partial charge in [-0.15, -0.1) is 0 Å². The van der Waals surface area contributed by atoms with Crippen LogP contribution in [-0.4, -0.2) is 35.6 Å². The Morgan fingerprint density at radius 3 is 2.65 bits per heavy atom. The summed E-state index contributed by atoms with van der Waals surface area (Å²) in [6.07, 6.45) is -4.45. The van der Waals surface area contributed by atoms with E-state index < -0.39 is 18.6 Å². The van der Waals surface area contributed by atoms with Gasteiger partial charge in [0.2, 0.25) is 0 Å². The minimum Gasteiger partial charge on any atom is -0.398 e. The number of nitrogen functional groups attached to an aromatic ring is 1. The number of halogens is 3. The van der Waals surface area contributed by atoms with Gasteiger partial charge in [-0.1, -0.05) is 18.2 Å². The van der Waals surface area contributed by atoms with Crippen LogP contribution in [0.25, 0.3) is 10.9 Å². The Labute approximate surface area is 113 Å². The molecule has 20 heavy (non-hydrogen) atoms. The lowest BCUT2D eigenvalue weighted by molar-refractivity contribution is -0.138. The van der Waals surface area contributed by atoms with Crippen LogP contribution in [0, 0.1) is 0 Å². The van der Waals surface area contributed by atoms with Gasteiger partial charge in [0.15, 0.2) is 0 Å². The zero-order valence-corrected chi connectivity index (χ0v) is 10.6. The maximum atomic E-state index is 12.3. The number of anilines is 1. The van der Waals surface area contributed by atoms with Gasteiger partial charge < -0.3 is 10.6 Å². The second kappa shape index (κ2) is 4.99. The number of carbonyl (C=O) groups excluding carboxylic acids is 1. The fourth-order valence-corrected chi connectivity index (χ4v) is 1.85. The lowest BCUT2D eigenvalue weighted by atomic mass is 10.1. The molecule has 0 fully saturated rings. The zero-order chi connectivity index (χ0) is 14.9. The Morgan fingerprint density at radius 1 is 1.35 bits per heavy atom. The molecule has 4 nitrogen and oxygen atoms in total. The van der Waals surface area contributed by atoms with Gasteiger partial charge in [-0.3, -0.25) is 4.79 Å². The number of nitrogens with two attached hydrogens (primary N) is 1. The van der Waals surface area contributed by atoms with Gasteiger partial charge in [0, 0.05) is 18.1 Å². The smallest absolute Gasteiger partial charge is 0.398 e. The zero-order valence-electron chi connectivity index (χ0n) is 10.6. The number of hydrogen-bond donors (Lipinski definition) is 1. The highest BCUT2D eigenvalue weighted by atomic mass is 19.4. The maximum Gasteiger partial charge on any atom is 0.406 e. The third kappa shape index (κ3) is 2.98. The molecule has 7 heteroatoms. The van der Waals surface area contributed by atoms with Gasteiger partial charge in [-0.25, -0.2) is 4.98 Å². The molecule has 106 valence electrons. The van der Waals surface area contributed by atoms with Crippen LogP contribution in [0.2, 0.25) is 0 Å². The van der Waals surface area contributed by atoms with Crippen LogP contribution in [0.4, 0.5) is 18.9 Å². The Kier molecular flexibility index (Phi) is 3.52. The van der Waals surface area contributed by atoms with Crippen molar-refractivity contribution in [3.63, 3.8) is 0 Å². The van der Waals surface area contributed by atoms with Gasteiger partial charge in [-0.05, 0) is 12.1 Å². The number of hydrogen-bond acceptors (Lipinski definition) is 3. The van der Waals surface area contributed by atoms with Crippen LogP contribution >= 0.6 is 0 Å². The van der Waals surface area contributed by atoms with Crippen molar-refractivity contribution in [3.8, 4) is 0 Å². The molecule has 2 N–H and O–H groups in total. The number of benzene rings is 1. The first-order valence-corrected chi connectivity index (χ1v) is 5.75. The average Bonchev–Trinajstić information content (AvgIpc) is 2.35. The Bertz CT molecular complexity index is 655. The van der Waals surface area contributed by atoms with Crippen LogP contribution in [0.5, 0.6) is 0 Å². The molecule has 0 radical (unpaired) electrons. The summed E-state index contributed by atoms with van der Waals surface area (Å²) in [7, 11) is 1.07. The summed E-state index contributed by atoms with van der Waals surface area (Å²) in [4.78, 5) is 16.5. The van der Waals surface area contributed by atoms with Crippen molar-refractivity contribution in [1.29, 1.82) is 0 Å². The van der Waals surface area contributed by atoms with E-state index in [0.717, 1.165) is 7.05 Å². The van der Waals surface area contributed by atoms with Crippen LogP contribution in [0.1, 0.15) is 10.5 Å². The van der Waals surface area contributed by atoms with Crippen LogP contribution < -0.4 is 5.73 Å². The standard InChI is InChI=1S/C13H12F3N3O/c1-19(7-13(14,15)16)12(20)11-6-9(17)8-4-2-3-5-10(8)18-11/h2-6H,7H2,1H3,(H2,17,18). The molecule has 0 bridgehead atoms. The molecule has 0 aliphatic rings. The highest BCUT2D eigenvalue weighted by molar-refractivity contribution is 5.99. The Hall–Kier alpha value is -2.31. The number of para-hydroxylation sites is 1. The number of alkyl halides is 3. The second-order valence-electron chi connectivity index (χ2n) is 4.39. The van der Waals surface area contributed by atoms with Gasteiger partial charge in [0.05, 0.1) is 5.52 Å². The summed E-state index contributed by atoms with van der Waals surface area (Å²) in [6.45, 7) is -1.33. The van der Waals surface area contributed by atoms with E-state index in [-0.39, 0.29) is 5.69 Å². The molecule has 0 aliphatic carbocycles. The molecule has 1 aromatic heterocycles. The topological polar surface area (TPSA) is 59.2 Å². The predicted molar refractivity (Wildman–Crippen MR) is 69.2 cm³/mol. The first kappa shape index (κ1) is 14.1. The largest absolute Gasteiger partial charge is 0.406 e. The normalized spacial score (nSPS) is 11.6. The molecule has 0 spiro atoms. The molecule has 0 atom stereocenters. The lowest BCUT2D eigenvalue weighted by Crippen LogP contribution is -2.36. The third-order valence-corrected chi connectivity index (χ3v) is 2.73. The quantitative estimate of drug-likeness (QED) is 0.921. The van der Waals surface area contributed by atoms with E-state index in [1.807, 2.05) is 0 Å². The predicted octanol–water partition coefficient (Wildman–Crippen LogP) is 2.45. The average molecular weight is 283 g/mol. The molecule has 0 unspecified atom stereocenters. The van der Waals surface area contributed by atoms with Gasteiger partial charge in [-0.2, -0.15) is 13.2 Å². The number of rotatable bonds is 2. The first-order valence-electron chi connectivity index (χ1n) is 5.75. The van der Waals surface area contributed by atoms with Crippen molar-refractivity contribution < 1.29 is 18.0 Å². The summed E-state index contributed by atoms with van der Waals surface area (Å²) >= 11 is 0. The number of carbonyl (C=O) groups is 1. The minimum atomic E-state index is -4.45. The second-order valence-corrected chi connectivity index (χ2v) is 4.39. The number of aromatic nitrogens is 1. The monoisotopic (exact) mass is 283 g/mol. The van der Waals surface area contributed by atoms with Crippen LogP contribution in [-0.2, 0) is 0 Å². The fourth-order valence-electron chi connectivity index (χ4n) is 1.85. The van der Waals surface area contributed by atoms with E-state index in [4.69, 9.17) is 5.73 Å². The third-order valence-electron chi connectivity index (χ3n) is 2.73. The van der Waals surface area contributed by atoms with Crippen molar-refractivity contribution in [1.82, 2.24) is 9.88 Å². The lowest BCUT2D eigenvalue weighted by Gasteiger charge is -2.18. The molecule has 1 aromatic carbocycles. The SMILES string of the molecule is CN(CC(F)(F)F)C(=O)c1cc(N)c2ccccc2n1. The Morgan fingerprint density at radius 2 is 2.00 bits per heavy atom. The molecule has 2 aromatic rings. The van der Waals surface area contributed by atoms with Gasteiger partial charge >= 0.3 is 6.18 Å². The molecule has 0 aliphatic heterocycles. The summed E-state index contributed by atoms with van der Waals surface area (Å²) < 4.78 is 36.8. The highest BCUT2D eigenvalue weighted by Crippen LogP contribution is 2.22. The molecular weight excluding hydrogens is 271 g/mol. The van der Waals surface area contributed by atoms with Crippen molar-refractivity contribution in [2.45, 2.75) is 6.18 Å². The molecule has 0 saturated heterocycles. The van der Waals surface area contributed by atoms with E-state index in [9.17, 15) is 18.0 Å². The maximum absolute atomic E-state index is 12.3. The summed E-state index contributed by atoms with van der Waals surface area (Å²) in [6, 6.07) is 8.13. The fraction of sp³-hybridized carbons (Fsp3) is 0.231. The molecule has 0 saturated carbocycles. The van der Waals surface area contributed by atoms with Crippen molar-refractivity contribution in [2.24, 2.45) is 0 Å². The molecule has 1 heterocycles. The van der Waals surface area contributed by atoms with Crippen molar-refractivity contribution >= 4 is 22.5 Å². The van der Waals surface area contributed by atoms with Gasteiger partial charge in [0.25, 0.3) is 5.91 Å². The first-order chi connectivity index (χ1) is 9.28. The van der Waals surface area contributed by atoms with Crippen LogP contribution in [0.3, 0.4) is 0 Å². The van der Waals surface area contributed by atoms with Crippen LogP contribution in [0.15, 0.2) is 30.3 Å². The molecule has 1 amide bonds. The van der Waals surface area contributed by atoms with Crippen molar-refractivity contribution in [3.05, 3.63) is 36.0 Å². The summed E-state index contributed by atoms with van der Waals surface area (Å²) in [5.74, 6) is -0.820. The summed E-state index contributed by atoms with van der Waals surface area (Å²) in [5.41, 5.74) is 6.46. The van der Waals surface area contributed by atoms with E-state index in [1.165, 1.54) is 6.07 Å². The van der Waals surface area contributed by atoms with Crippen molar-refractivity contribution in [2.75, 3.05) is 19.3 Å². The number of nitrogens with zero attached hydrogens (tertiary/aromatic N) is 2. The molecular formula is C13H12F3N3O. The number of pyridine rings is 1. The van der Waals surface area contributed by atoms with E-state index in [2.05, 4.69) is 4.98 Å². The van der Waals surface area contributed by atoms with E-state index >= 15 is 0 Å². The summed E-state index contributed by atoms with van der Waals surface area (Å²) in [5, 5.41) is 0.655. The number of amides is 1. The molecule has 2 rings (SSSR count).